The van der Waals surface area contributed by atoms with Gasteiger partial charge in [0.1, 0.15) is 0 Å². The van der Waals surface area contributed by atoms with Gasteiger partial charge in [0.05, 0.1) is 23.0 Å². The minimum Gasteiger partial charge on any atom is -0.372 e. The molecule has 1 heterocycles. The number of ketones is 1. The molecule has 1 aliphatic carbocycles. The number of alkyl halides is 3. The Balaban J connectivity index is 1.65. The van der Waals surface area contributed by atoms with Gasteiger partial charge in [0.15, 0.2) is 5.78 Å². The van der Waals surface area contributed by atoms with Gasteiger partial charge in [-0.3, -0.25) is 4.79 Å². The number of benzene rings is 3. The van der Waals surface area contributed by atoms with Crippen molar-refractivity contribution in [2.24, 2.45) is 0 Å². The number of fused-ring (bicyclic) bond motifs is 1. The molecule has 3 aromatic carbocycles. The lowest BCUT2D eigenvalue weighted by atomic mass is 9.78. The van der Waals surface area contributed by atoms with Crippen molar-refractivity contribution in [3.05, 3.63) is 106 Å². The highest BCUT2D eigenvalue weighted by atomic mass is 35.5. The van der Waals surface area contributed by atoms with Gasteiger partial charge in [-0.25, -0.2) is 0 Å². The molecule has 2 N–H and O–H groups in total. The number of allylic oxidation sites excluding steroid dienone is 1. The quantitative estimate of drug-likeness (QED) is 0.413. The van der Waals surface area contributed by atoms with E-state index in [1.165, 1.54) is 12.1 Å². The maximum Gasteiger partial charge on any atom is 0.416 e. The predicted molar refractivity (Wildman–Crippen MR) is 123 cm³/mol. The summed E-state index contributed by atoms with van der Waals surface area (Å²) >= 11 is 6.02. The summed E-state index contributed by atoms with van der Waals surface area (Å²) in [6, 6.07) is 19.2. The van der Waals surface area contributed by atoms with E-state index in [1.54, 1.807) is 24.3 Å². The van der Waals surface area contributed by atoms with Gasteiger partial charge < -0.3 is 10.6 Å². The number of Topliss-reactive ketones (excluding diaryl/α,β-unsaturated/α-hetero) is 1. The molecule has 0 spiro atoms. The molecule has 0 saturated heterocycles. The van der Waals surface area contributed by atoms with E-state index in [1.807, 2.05) is 30.3 Å². The van der Waals surface area contributed by atoms with Crippen LogP contribution in [0.4, 0.5) is 24.5 Å². The Labute approximate surface area is 194 Å². The van der Waals surface area contributed by atoms with Crippen LogP contribution in [-0.2, 0) is 11.0 Å². The van der Waals surface area contributed by atoms with Crippen LogP contribution in [0.1, 0.15) is 41.5 Å². The molecular weight excluding hydrogens is 449 g/mol. The summed E-state index contributed by atoms with van der Waals surface area (Å²) in [6.07, 6.45) is -3.82. The van der Waals surface area contributed by atoms with E-state index in [0.717, 1.165) is 17.3 Å². The lowest BCUT2D eigenvalue weighted by Crippen LogP contribution is -2.28. The molecule has 3 nitrogen and oxygen atoms in total. The van der Waals surface area contributed by atoms with E-state index >= 15 is 0 Å². The van der Waals surface area contributed by atoms with Gasteiger partial charge in [0.25, 0.3) is 0 Å². The predicted octanol–water partition coefficient (Wildman–Crippen LogP) is 7.34. The van der Waals surface area contributed by atoms with Crippen molar-refractivity contribution >= 4 is 28.8 Å². The van der Waals surface area contributed by atoms with Crippen molar-refractivity contribution in [1.29, 1.82) is 0 Å². The highest BCUT2D eigenvalue weighted by Gasteiger charge is 2.40. The zero-order chi connectivity index (χ0) is 23.2. The van der Waals surface area contributed by atoms with Crippen LogP contribution >= 0.6 is 11.6 Å². The lowest BCUT2D eigenvalue weighted by molar-refractivity contribution is -0.138. The van der Waals surface area contributed by atoms with Gasteiger partial charge in [-0.05, 0) is 53.8 Å². The van der Waals surface area contributed by atoms with Crippen molar-refractivity contribution in [3.63, 3.8) is 0 Å². The topological polar surface area (TPSA) is 41.1 Å². The number of anilines is 2. The molecule has 7 heteroatoms. The van der Waals surface area contributed by atoms with E-state index in [4.69, 9.17) is 11.6 Å². The van der Waals surface area contributed by atoms with Crippen LogP contribution in [0.15, 0.2) is 84.1 Å². The van der Waals surface area contributed by atoms with Crippen molar-refractivity contribution in [3.8, 4) is 0 Å². The van der Waals surface area contributed by atoms with Crippen molar-refractivity contribution in [2.45, 2.75) is 31.0 Å². The van der Waals surface area contributed by atoms with Crippen LogP contribution < -0.4 is 10.6 Å². The monoisotopic (exact) mass is 468 g/mol. The average molecular weight is 469 g/mol. The fraction of sp³-hybridized carbons (Fsp3) is 0.192. The Morgan fingerprint density at radius 3 is 2.24 bits per heavy atom. The highest BCUT2D eigenvalue weighted by Crippen LogP contribution is 2.46. The standard InChI is InChI=1S/C26H20ClF3N2O/c27-17-11-9-15(10-12-17)16-13-22-24(23(33)14-16)25(32-21-8-4-3-7-20(21)31-22)18-5-1-2-6-19(18)26(28,29)30/h1-12,16,25,31-32H,13-14H2. The van der Waals surface area contributed by atoms with E-state index in [2.05, 4.69) is 10.6 Å². The molecule has 33 heavy (non-hydrogen) atoms. The second-order valence-corrected chi connectivity index (χ2v) is 8.74. The Hall–Kier alpha value is -3.25. The molecule has 168 valence electrons. The first kappa shape index (κ1) is 21.6. The van der Waals surface area contributed by atoms with E-state index in [0.29, 0.717) is 28.4 Å². The molecule has 1 aliphatic heterocycles. The number of hydrogen-bond donors (Lipinski definition) is 2. The molecule has 2 unspecified atom stereocenters. The molecule has 0 bridgehead atoms. The molecule has 3 aromatic rings. The molecule has 0 radical (unpaired) electrons. The van der Waals surface area contributed by atoms with Crippen LogP contribution in [0.2, 0.25) is 5.02 Å². The van der Waals surface area contributed by atoms with Crippen LogP contribution in [0, 0.1) is 0 Å². The second kappa shape index (κ2) is 8.27. The SMILES string of the molecule is O=C1CC(c2ccc(Cl)cc2)CC2=C1C(c1ccccc1C(F)(F)F)Nc1ccccc1N2. The van der Waals surface area contributed by atoms with E-state index in [-0.39, 0.29) is 23.7 Å². The Morgan fingerprint density at radius 2 is 1.52 bits per heavy atom. The van der Waals surface area contributed by atoms with Crippen LogP contribution in [0.25, 0.3) is 0 Å². The van der Waals surface area contributed by atoms with Gasteiger partial charge in [0.2, 0.25) is 0 Å². The van der Waals surface area contributed by atoms with Gasteiger partial charge >= 0.3 is 6.18 Å². The molecule has 0 amide bonds. The lowest BCUT2D eigenvalue weighted by Gasteiger charge is -2.31. The third-order valence-corrected chi connectivity index (χ3v) is 6.48. The summed E-state index contributed by atoms with van der Waals surface area (Å²) in [5.74, 6) is -0.268. The molecular formula is C26H20ClF3N2O. The number of carbonyl (C=O) groups excluding carboxylic acids is 1. The van der Waals surface area contributed by atoms with Gasteiger partial charge in [-0.1, -0.05) is 54.1 Å². The molecule has 2 atom stereocenters. The van der Waals surface area contributed by atoms with Crippen molar-refractivity contribution in [1.82, 2.24) is 0 Å². The second-order valence-electron chi connectivity index (χ2n) is 8.31. The zero-order valence-corrected chi connectivity index (χ0v) is 18.2. The largest absolute Gasteiger partial charge is 0.416 e. The average Bonchev–Trinajstić information content (AvgIpc) is 2.96. The Morgan fingerprint density at radius 1 is 0.848 bits per heavy atom. The summed E-state index contributed by atoms with van der Waals surface area (Å²) in [7, 11) is 0. The third-order valence-electron chi connectivity index (χ3n) is 6.23. The maximum absolute atomic E-state index is 13.9. The first-order valence-electron chi connectivity index (χ1n) is 10.6. The maximum atomic E-state index is 13.9. The fourth-order valence-corrected chi connectivity index (χ4v) is 4.83. The van der Waals surface area contributed by atoms with E-state index in [9.17, 15) is 18.0 Å². The first-order valence-corrected chi connectivity index (χ1v) is 11.0. The Bertz CT molecular complexity index is 1250. The number of nitrogens with one attached hydrogen (secondary N) is 2. The minimum absolute atomic E-state index is 0.0364. The van der Waals surface area contributed by atoms with Crippen molar-refractivity contribution < 1.29 is 18.0 Å². The number of rotatable bonds is 2. The fourth-order valence-electron chi connectivity index (χ4n) is 4.70. The zero-order valence-electron chi connectivity index (χ0n) is 17.4. The number of carbonyl (C=O) groups is 1. The molecule has 0 saturated carbocycles. The van der Waals surface area contributed by atoms with Gasteiger partial charge in [-0.2, -0.15) is 13.2 Å². The summed E-state index contributed by atoms with van der Waals surface area (Å²) < 4.78 is 41.6. The molecule has 0 aromatic heterocycles. The summed E-state index contributed by atoms with van der Waals surface area (Å²) in [6.45, 7) is 0. The van der Waals surface area contributed by atoms with E-state index < -0.39 is 17.8 Å². The normalized spacial score (nSPS) is 20.3. The van der Waals surface area contributed by atoms with Crippen LogP contribution in [0.5, 0.6) is 0 Å². The first-order chi connectivity index (χ1) is 15.8. The number of halogens is 4. The molecule has 5 rings (SSSR count). The van der Waals surface area contributed by atoms with Crippen molar-refractivity contribution in [2.75, 3.05) is 10.6 Å². The van der Waals surface area contributed by atoms with Gasteiger partial charge in [-0.15, -0.1) is 0 Å². The van der Waals surface area contributed by atoms with Crippen LogP contribution in [0.3, 0.4) is 0 Å². The van der Waals surface area contributed by atoms with Crippen LogP contribution in [-0.4, -0.2) is 5.78 Å². The third kappa shape index (κ3) is 4.11. The Kier molecular flexibility index (Phi) is 5.41. The summed E-state index contributed by atoms with van der Waals surface area (Å²) in [5, 5.41) is 7.18. The highest BCUT2D eigenvalue weighted by molar-refractivity contribution is 6.30. The smallest absolute Gasteiger partial charge is 0.372 e. The number of para-hydroxylation sites is 2. The van der Waals surface area contributed by atoms with Gasteiger partial charge in [0, 0.05) is 22.7 Å². The molecule has 0 fully saturated rings. The summed E-state index contributed by atoms with van der Waals surface area (Å²) in [4.78, 5) is 13.5. The number of hydrogen-bond acceptors (Lipinski definition) is 3. The molecule has 2 aliphatic rings. The summed E-state index contributed by atoms with van der Waals surface area (Å²) in [5.41, 5.74) is 2.62. The minimum atomic E-state index is -4.54.